The first kappa shape index (κ1) is 59.3. The second-order valence-corrected chi connectivity index (χ2v) is 17.6. The van der Waals surface area contributed by atoms with Crippen LogP contribution < -0.4 is 31.5 Å². The number of hydrogen-bond acceptors (Lipinski definition) is 18. The van der Waals surface area contributed by atoms with E-state index in [1.165, 1.54) is 0 Å². The summed E-state index contributed by atoms with van der Waals surface area (Å²) in [5, 5.41) is 70.4. The number of aliphatic carboxylic acids is 6. The predicted octanol–water partition coefficient (Wildman–Crippen LogP) is 0.0283. The molecule has 2 heterocycles. The van der Waals surface area contributed by atoms with Crippen molar-refractivity contribution in [2.24, 2.45) is 0 Å². The van der Waals surface area contributed by atoms with Crippen LogP contribution in [0.1, 0.15) is 63.4 Å². The molecule has 2 aromatic rings. The van der Waals surface area contributed by atoms with Crippen LogP contribution >= 0.6 is 0 Å². The zero-order valence-electron chi connectivity index (χ0n) is 41.0. The highest BCUT2D eigenvalue weighted by molar-refractivity contribution is 5.84. The molecular weight excluding hydrogens is 947 g/mol. The van der Waals surface area contributed by atoms with E-state index in [2.05, 4.69) is 41.5 Å². The minimum absolute atomic E-state index is 0.106. The van der Waals surface area contributed by atoms with Gasteiger partial charge in [0.05, 0.1) is 26.2 Å². The van der Waals surface area contributed by atoms with Crippen molar-refractivity contribution in [2.45, 2.75) is 76.3 Å². The molecule has 1 aliphatic heterocycles. The number of aromatic nitrogens is 3. The first-order valence-electron chi connectivity index (χ1n) is 23.8. The third-order valence-electron chi connectivity index (χ3n) is 11.4. The molecule has 3 amide bonds. The lowest BCUT2D eigenvalue weighted by atomic mass is 10.0. The third kappa shape index (κ3) is 25.2. The average molecular weight is 1020 g/mol. The van der Waals surface area contributed by atoms with Crippen molar-refractivity contribution in [1.82, 2.24) is 50.5 Å². The predicted molar refractivity (Wildman–Crippen MR) is 261 cm³/mol. The fourth-order valence-corrected chi connectivity index (χ4v) is 7.73. The zero-order valence-corrected chi connectivity index (χ0v) is 41.0. The van der Waals surface area contributed by atoms with Gasteiger partial charge >= 0.3 is 41.8 Å². The van der Waals surface area contributed by atoms with Crippen molar-refractivity contribution in [3.05, 3.63) is 29.8 Å². The monoisotopic (exact) mass is 1020 g/mol. The molecular formula is C45H71N13O14. The van der Waals surface area contributed by atoms with Gasteiger partial charge in [0.2, 0.25) is 23.8 Å². The molecule has 11 N–H and O–H groups in total. The Morgan fingerprint density at radius 3 is 1.78 bits per heavy atom. The fraction of sp³-hybridized carbons (Fsp3) is 0.622. The van der Waals surface area contributed by atoms with Crippen molar-refractivity contribution < 1.29 is 69.0 Å². The molecule has 1 aromatic carbocycles. The number of anilines is 4. The molecule has 1 aliphatic rings. The van der Waals surface area contributed by atoms with Gasteiger partial charge in [0.1, 0.15) is 12.6 Å². The van der Waals surface area contributed by atoms with Gasteiger partial charge in [-0.2, -0.15) is 15.0 Å². The van der Waals surface area contributed by atoms with Gasteiger partial charge < -0.3 is 62.1 Å². The lowest BCUT2D eigenvalue weighted by Crippen LogP contribution is -2.53. The lowest BCUT2D eigenvalue weighted by molar-refractivity contribution is -0.142. The molecule has 1 aromatic heterocycles. The number of carbonyl (C=O) groups is 8. The van der Waals surface area contributed by atoms with E-state index in [0.717, 1.165) is 31.2 Å². The molecule has 0 spiro atoms. The fourth-order valence-electron chi connectivity index (χ4n) is 7.73. The summed E-state index contributed by atoms with van der Waals surface area (Å²) >= 11 is 0. The third-order valence-corrected chi connectivity index (χ3v) is 11.4. The van der Waals surface area contributed by atoms with E-state index in [1.807, 2.05) is 24.3 Å². The summed E-state index contributed by atoms with van der Waals surface area (Å²) in [7, 11) is 3.60. The number of carbonyl (C=O) groups excluding carboxylic acids is 2. The number of carboxylic acid groups (broad SMARTS) is 6. The van der Waals surface area contributed by atoms with E-state index in [4.69, 9.17) is 5.11 Å². The molecule has 1 unspecified atom stereocenters. The molecule has 1 saturated heterocycles. The largest absolute Gasteiger partial charge is 0.480 e. The molecule has 72 heavy (non-hydrogen) atoms. The summed E-state index contributed by atoms with van der Waals surface area (Å²) in [6.07, 6.45) is 5.86. The Balaban J connectivity index is 1.53. The van der Waals surface area contributed by atoms with Crippen molar-refractivity contribution in [3.8, 4) is 0 Å². The van der Waals surface area contributed by atoms with Crippen LogP contribution in [0.4, 0.5) is 28.3 Å². The Bertz CT molecular complexity index is 2080. The summed E-state index contributed by atoms with van der Waals surface area (Å²) in [5.74, 6) is -5.91. The molecule has 2 atom stereocenters. The van der Waals surface area contributed by atoms with E-state index in [9.17, 15) is 63.9 Å². The van der Waals surface area contributed by atoms with Crippen LogP contribution in [0, 0.1) is 0 Å². The topological polar surface area (TPSA) is 373 Å². The van der Waals surface area contributed by atoms with E-state index >= 15 is 0 Å². The van der Waals surface area contributed by atoms with Gasteiger partial charge in [-0.25, -0.2) is 9.59 Å². The number of amides is 3. The maximum absolute atomic E-state index is 12.3. The van der Waals surface area contributed by atoms with Crippen molar-refractivity contribution in [3.63, 3.8) is 0 Å². The minimum Gasteiger partial charge on any atom is -0.480 e. The molecule has 3 rings (SSSR count). The summed E-state index contributed by atoms with van der Waals surface area (Å²) in [6, 6.07) is 4.73. The molecule has 27 nitrogen and oxygen atoms in total. The van der Waals surface area contributed by atoms with Gasteiger partial charge in [-0.3, -0.25) is 48.4 Å². The quantitative estimate of drug-likeness (QED) is 0.0444. The summed E-state index contributed by atoms with van der Waals surface area (Å²) in [4.78, 5) is 116. The normalized spacial score (nSPS) is 15.7. The maximum Gasteiger partial charge on any atom is 0.326 e. The second-order valence-electron chi connectivity index (χ2n) is 17.6. The van der Waals surface area contributed by atoms with Crippen molar-refractivity contribution in [2.75, 3.05) is 121 Å². The van der Waals surface area contributed by atoms with Crippen LogP contribution in [0.3, 0.4) is 0 Å². The first-order chi connectivity index (χ1) is 34.3. The number of unbranched alkanes of at least 4 members (excludes halogenated alkanes) is 5. The van der Waals surface area contributed by atoms with Gasteiger partial charge in [0.15, 0.2) is 0 Å². The average Bonchev–Trinajstić information content (AvgIpc) is 3.29. The van der Waals surface area contributed by atoms with Crippen molar-refractivity contribution >= 4 is 71.3 Å². The Labute approximate surface area is 417 Å². The maximum atomic E-state index is 12.3. The van der Waals surface area contributed by atoms with E-state index in [1.54, 1.807) is 38.6 Å². The molecule has 0 aliphatic carbocycles. The first-order valence-corrected chi connectivity index (χ1v) is 23.8. The molecule has 400 valence electrons. The number of hydrogen-bond donors (Lipinski definition) is 11. The number of carboxylic acids is 6. The highest BCUT2D eigenvalue weighted by Crippen LogP contribution is 2.20. The summed E-state index contributed by atoms with van der Waals surface area (Å²) in [6.45, 7) is 0.204. The van der Waals surface area contributed by atoms with Gasteiger partial charge in [-0.05, 0) is 56.2 Å². The van der Waals surface area contributed by atoms with Crippen LogP contribution in [-0.4, -0.2) is 231 Å². The van der Waals surface area contributed by atoms with E-state index in [0.29, 0.717) is 62.8 Å². The molecule has 0 bridgehead atoms. The van der Waals surface area contributed by atoms with E-state index < -0.39 is 60.5 Å². The summed E-state index contributed by atoms with van der Waals surface area (Å²) < 4.78 is 0. The highest BCUT2D eigenvalue weighted by Gasteiger charge is 2.28. The molecule has 0 saturated carbocycles. The Hall–Kier alpha value is -6.97. The van der Waals surface area contributed by atoms with Crippen LogP contribution in [-0.2, 0) is 40.0 Å². The van der Waals surface area contributed by atoms with Crippen molar-refractivity contribution in [1.29, 1.82) is 0 Å². The lowest BCUT2D eigenvalue weighted by Gasteiger charge is -2.37. The number of rotatable bonds is 31. The second kappa shape index (κ2) is 32.1. The van der Waals surface area contributed by atoms with Crippen LogP contribution in [0.25, 0.3) is 0 Å². The molecule has 27 heteroatoms. The van der Waals surface area contributed by atoms with Gasteiger partial charge in [0.25, 0.3) is 0 Å². The number of nitrogens with one attached hydrogen (secondary N) is 5. The van der Waals surface area contributed by atoms with Crippen LogP contribution in [0.2, 0.25) is 0 Å². The van der Waals surface area contributed by atoms with Gasteiger partial charge in [-0.1, -0.05) is 31.4 Å². The smallest absolute Gasteiger partial charge is 0.326 e. The van der Waals surface area contributed by atoms with Gasteiger partial charge in [-0.15, -0.1) is 0 Å². The Morgan fingerprint density at radius 1 is 0.625 bits per heavy atom. The number of benzene rings is 1. The Morgan fingerprint density at radius 2 is 1.18 bits per heavy atom. The SMILES string of the molecule is CN(C)c1nc(NCCCCCCCC(=O)NCCCC[C@H](NC(=O)NCC(=O)O)C(=O)O)nc(Nc2ccc(CC3CN(CC(=O)O)CCN(CC(=O)O)CCN(CC(=O)O)CCN3CC(=O)O)cc2)n1. The summed E-state index contributed by atoms with van der Waals surface area (Å²) in [5.41, 5.74) is 1.46. The van der Waals surface area contributed by atoms with E-state index in [-0.39, 0.29) is 90.3 Å². The number of urea groups is 1. The number of nitrogens with zero attached hydrogens (tertiary/aromatic N) is 8. The molecule has 1 fully saturated rings. The Kier molecular flexibility index (Phi) is 26.4. The molecule has 0 radical (unpaired) electrons. The zero-order chi connectivity index (χ0) is 53.0. The van der Waals surface area contributed by atoms with Crippen LogP contribution in [0.5, 0.6) is 0 Å². The van der Waals surface area contributed by atoms with Gasteiger partial charge in [0, 0.05) is 91.1 Å². The standard InChI is InChI=1S/C45H71N13O14/c1-54(2)44-52-42(47-17-8-5-3-4-6-11-35(59)46-16-9-7-10-34(41(70)71)50-45(72)48-25-36(60)61)51-43(53-44)49-32-14-12-31(13-15-32)24-33-26-57(29-39(66)67)21-20-55(27-37(62)63)18-19-56(28-38(64)65)22-23-58(33)30-40(68)69/h12-15,33-34H,3-11,16-30H2,1-2H3,(H,46,59)(H,60,61)(H,62,63)(H,64,65)(H,66,67)(H,68,69)(H,70,71)(H2,48,50,72)(H2,47,49,51,52,53)/t33?,34-/m0/s1. The van der Waals surface area contributed by atoms with Crippen LogP contribution in [0.15, 0.2) is 24.3 Å². The highest BCUT2D eigenvalue weighted by atomic mass is 16.4. The minimum atomic E-state index is -1.26.